The zero-order valence-corrected chi connectivity index (χ0v) is 26.3. The number of rotatable bonds is 8. The number of ether oxygens (including phenoxy) is 5. The van der Waals surface area contributed by atoms with Crippen LogP contribution in [0.1, 0.15) is 33.3 Å². The van der Waals surface area contributed by atoms with Crippen LogP contribution in [0.5, 0.6) is 23.0 Å². The average molecular weight is 659 g/mol. The maximum atomic E-state index is 14.2. The first-order valence-electron chi connectivity index (χ1n) is 14.9. The van der Waals surface area contributed by atoms with E-state index in [0.717, 1.165) is 11.6 Å². The number of ketones is 1. The molecule has 0 aliphatic carbocycles. The first kappa shape index (κ1) is 34.3. The van der Waals surface area contributed by atoms with Gasteiger partial charge in [0, 0.05) is 17.2 Å². The monoisotopic (exact) mass is 658 g/mol. The number of aliphatic hydroxyl groups is 4. The number of Topliss-reactive ketones (excluding diaryl/α,β-unsaturated/α-hetero) is 1. The van der Waals surface area contributed by atoms with Crippen molar-refractivity contribution >= 4 is 16.8 Å². The Labute approximate surface area is 268 Å². The Morgan fingerprint density at radius 1 is 0.894 bits per heavy atom. The molecule has 2 aliphatic rings. The highest BCUT2D eigenvalue weighted by molar-refractivity contribution is 5.91. The molecule has 14 heteroatoms. The van der Waals surface area contributed by atoms with E-state index in [0.29, 0.717) is 11.3 Å². The minimum absolute atomic E-state index is 0.103. The predicted molar refractivity (Wildman–Crippen MR) is 164 cm³/mol. The van der Waals surface area contributed by atoms with Crippen LogP contribution in [0, 0.1) is 0 Å². The second kappa shape index (κ2) is 13.6. The number of hydrogen-bond donors (Lipinski definition) is 6. The molecule has 2 aromatic carbocycles. The summed E-state index contributed by atoms with van der Waals surface area (Å²) < 4.78 is 34.7. The highest BCUT2D eigenvalue weighted by Gasteiger charge is 2.50. The van der Waals surface area contributed by atoms with Gasteiger partial charge in [-0.15, -0.1) is 0 Å². The Bertz CT molecular complexity index is 1710. The number of aromatic hydroxyl groups is 2. The zero-order valence-electron chi connectivity index (χ0n) is 26.3. The number of benzene rings is 2. The predicted octanol–water partition coefficient (Wildman–Crippen LogP) is 1.65. The van der Waals surface area contributed by atoms with Crippen molar-refractivity contribution in [1.82, 2.24) is 0 Å². The van der Waals surface area contributed by atoms with Crippen molar-refractivity contribution in [2.75, 3.05) is 7.11 Å². The van der Waals surface area contributed by atoms with Gasteiger partial charge in [0.2, 0.25) is 17.5 Å². The van der Waals surface area contributed by atoms with Crippen molar-refractivity contribution in [2.45, 2.75) is 89.4 Å². The van der Waals surface area contributed by atoms with Gasteiger partial charge in [0.05, 0.1) is 19.3 Å². The van der Waals surface area contributed by atoms with Crippen molar-refractivity contribution in [3.05, 3.63) is 57.8 Å². The Hall–Kier alpha value is -4.02. The summed E-state index contributed by atoms with van der Waals surface area (Å²) >= 11 is 0. The van der Waals surface area contributed by atoms with E-state index in [1.54, 1.807) is 30.3 Å². The molecule has 3 aromatic rings. The third-order valence-corrected chi connectivity index (χ3v) is 8.19. The molecule has 14 nitrogen and oxygen atoms in total. The van der Waals surface area contributed by atoms with E-state index in [9.17, 15) is 40.2 Å². The van der Waals surface area contributed by atoms with Crippen LogP contribution in [0.3, 0.4) is 0 Å². The third kappa shape index (κ3) is 6.58. The fraction of sp³-hybridized carbons (Fsp3) is 0.455. The summed E-state index contributed by atoms with van der Waals surface area (Å²) in [5, 5.41) is 63.5. The largest absolute Gasteiger partial charge is 0.507 e. The zero-order chi connectivity index (χ0) is 34.3. The van der Waals surface area contributed by atoms with Gasteiger partial charge in [0.25, 0.3) is 0 Å². The van der Waals surface area contributed by atoms with E-state index < -0.39 is 78.0 Å². The second-order valence-electron chi connectivity index (χ2n) is 11.8. The van der Waals surface area contributed by atoms with Crippen LogP contribution in [-0.4, -0.2) is 98.8 Å². The van der Waals surface area contributed by atoms with Gasteiger partial charge in [-0.3, -0.25) is 9.59 Å². The van der Waals surface area contributed by atoms with E-state index in [2.05, 4.69) is 0 Å². The van der Waals surface area contributed by atoms with E-state index in [-0.39, 0.29) is 34.5 Å². The van der Waals surface area contributed by atoms with Crippen LogP contribution in [0.4, 0.5) is 0 Å². The second-order valence-corrected chi connectivity index (χ2v) is 11.8. The molecule has 9 atom stereocenters. The summed E-state index contributed by atoms with van der Waals surface area (Å²) in [5.41, 5.74) is 0.497. The molecule has 6 N–H and O–H groups in total. The van der Waals surface area contributed by atoms with E-state index >= 15 is 0 Å². The molecule has 0 unspecified atom stereocenters. The van der Waals surface area contributed by atoms with Gasteiger partial charge in [0.1, 0.15) is 46.5 Å². The first-order chi connectivity index (χ1) is 22.2. The van der Waals surface area contributed by atoms with E-state index in [1.807, 2.05) is 13.8 Å². The van der Waals surface area contributed by atoms with Crippen molar-refractivity contribution in [1.29, 1.82) is 0 Å². The lowest BCUT2D eigenvalue weighted by molar-refractivity contribution is -0.332. The number of hydrogen-bond acceptors (Lipinski definition) is 14. The van der Waals surface area contributed by atoms with Crippen LogP contribution in [-0.2, 0) is 25.4 Å². The third-order valence-electron chi connectivity index (χ3n) is 8.19. The molecule has 3 heterocycles. The number of phenols is 2. The maximum Gasteiger partial charge on any atom is 0.239 e. The van der Waals surface area contributed by atoms with Gasteiger partial charge >= 0.3 is 0 Å². The van der Waals surface area contributed by atoms with Gasteiger partial charge < -0.3 is 58.7 Å². The summed E-state index contributed by atoms with van der Waals surface area (Å²) in [6.45, 7) is 6.53. The Kier molecular flexibility index (Phi) is 9.94. The van der Waals surface area contributed by atoms with Gasteiger partial charge in [0.15, 0.2) is 30.0 Å². The summed E-state index contributed by atoms with van der Waals surface area (Å²) in [6.07, 6.45) is -12.1. The number of carbonyl (C=O) groups excluding carboxylic acids is 1. The van der Waals surface area contributed by atoms with Crippen molar-refractivity contribution < 1.29 is 63.5 Å². The summed E-state index contributed by atoms with van der Waals surface area (Å²) in [4.78, 5) is 26.6. The van der Waals surface area contributed by atoms with Crippen molar-refractivity contribution in [2.24, 2.45) is 0 Å². The fourth-order valence-corrected chi connectivity index (χ4v) is 5.43. The van der Waals surface area contributed by atoms with Crippen LogP contribution >= 0.6 is 0 Å². The number of phenolic OH excluding ortho intramolecular Hbond substituents is 2. The highest BCUT2D eigenvalue weighted by atomic mass is 16.8. The van der Waals surface area contributed by atoms with Gasteiger partial charge in [-0.1, -0.05) is 11.6 Å². The van der Waals surface area contributed by atoms with Crippen LogP contribution in [0.2, 0.25) is 0 Å². The molecule has 1 aromatic heterocycles. The molecule has 2 saturated heterocycles. The summed E-state index contributed by atoms with van der Waals surface area (Å²) in [6, 6.07) is 7.38. The SMILES string of the molecule is COc1ccc(-c2oc3c(CC=C(C)C)c(O)cc(O)c3c(=O)c2O[C@@H]2O[C@@H](C)[C@H](O)[C@@H](O)[C@H]2O[C@@H]2O[C@H](C)[C@@H](O)C(=O)[C@H]2O)cc1. The quantitative estimate of drug-likeness (QED) is 0.190. The lowest BCUT2D eigenvalue weighted by Gasteiger charge is -2.44. The molecular weight excluding hydrogens is 620 g/mol. The molecule has 0 radical (unpaired) electrons. The summed E-state index contributed by atoms with van der Waals surface area (Å²) in [7, 11) is 1.48. The van der Waals surface area contributed by atoms with Crippen LogP contribution in [0.15, 0.2) is 51.2 Å². The molecule has 254 valence electrons. The molecule has 2 aliphatic heterocycles. The highest BCUT2D eigenvalue weighted by Crippen LogP contribution is 2.40. The van der Waals surface area contributed by atoms with Crippen molar-refractivity contribution in [3.63, 3.8) is 0 Å². The van der Waals surface area contributed by atoms with E-state index in [1.165, 1.54) is 21.0 Å². The molecule has 47 heavy (non-hydrogen) atoms. The Balaban J connectivity index is 1.66. The molecule has 0 bridgehead atoms. The average Bonchev–Trinajstić information content (AvgIpc) is 3.03. The topological polar surface area (TPSA) is 215 Å². The molecule has 5 rings (SSSR count). The first-order valence-corrected chi connectivity index (χ1v) is 14.9. The molecule has 2 fully saturated rings. The van der Waals surface area contributed by atoms with Gasteiger partial charge in [-0.05, 0) is 58.4 Å². The van der Waals surface area contributed by atoms with Crippen LogP contribution in [0.25, 0.3) is 22.3 Å². The smallest absolute Gasteiger partial charge is 0.239 e. The molecular formula is C33H38O14. The molecule has 0 spiro atoms. The molecule has 0 saturated carbocycles. The lowest BCUT2D eigenvalue weighted by atomic mass is 9.98. The van der Waals surface area contributed by atoms with Crippen molar-refractivity contribution in [3.8, 4) is 34.3 Å². The number of carbonyl (C=O) groups is 1. The van der Waals surface area contributed by atoms with E-state index in [4.69, 9.17) is 28.1 Å². The summed E-state index contributed by atoms with van der Waals surface area (Å²) in [5.74, 6) is -2.02. The standard InChI is InChI=1S/C33H38O14/c1-13(2)6-11-18-19(34)12-20(35)21-24(38)30(28(45-29(18)21)16-7-9-17(42-5)10-8-16)46-33-31(26(40)23(37)15(4)44-33)47-32-27(41)25(39)22(36)14(3)43-32/h6-10,12,14-15,22-23,26-27,31-37,40-41H,11H2,1-5H3/t14-,15+,22-,23+,26-,27-,31-,32+,33+/m1/s1. The fourth-order valence-electron chi connectivity index (χ4n) is 5.43. The minimum atomic E-state index is -1.96. The number of methoxy groups -OCH3 is 1. The maximum absolute atomic E-state index is 14.2. The number of fused-ring (bicyclic) bond motifs is 1. The van der Waals surface area contributed by atoms with Crippen LogP contribution < -0.4 is 14.9 Å². The molecule has 0 amide bonds. The Morgan fingerprint density at radius 3 is 2.19 bits per heavy atom. The number of aliphatic hydroxyl groups excluding tert-OH is 4. The van der Waals surface area contributed by atoms with Gasteiger partial charge in [-0.25, -0.2) is 0 Å². The minimum Gasteiger partial charge on any atom is -0.507 e. The van der Waals surface area contributed by atoms with Gasteiger partial charge in [-0.2, -0.15) is 0 Å². The lowest BCUT2D eigenvalue weighted by Crippen LogP contribution is -2.63. The Morgan fingerprint density at radius 2 is 1.55 bits per heavy atom. The normalized spacial score (nSPS) is 29.5. The number of allylic oxidation sites excluding steroid dienone is 2.